The van der Waals surface area contributed by atoms with Gasteiger partial charge < -0.3 is 24.7 Å². The molecule has 4 heterocycles. The number of anilines is 5. The summed E-state index contributed by atoms with van der Waals surface area (Å²) >= 11 is 0. The number of aryl methyl sites for hydroxylation is 1. The highest BCUT2D eigenvalue weighted by Crippen LogP contribution is 2.24. The van der Waals surface area contributed by atoms with Crippen LogP contribution in [0.1, 0.15) is 5.56 Å². The molecule has 0 radical (unpaired) electrons. The topological polar surface area (TPSA) is 121 Å². The normalized spacial score (nSPS) is 14.0. The van der Waals surface area contributed by atoms with Crippen molar-refractivity contribution in [3.05, 3.63) is 58.8 Å². The summed E-state index contributed by atoms with van der Waals surface area (Å²) in [5.74, 6) is 1.53. The molecule has 158 valence electrons. The number of oxazole rings is 1. The average Bonchev–Trinajstić information content (AvgIpc) is 3.16. The molecular weight excluding hydrogens is 398 g/mol. The Hall–Kier alpha value is -3.92. The molecule has 1 aliphatic heterocycles. The number of benzene rings is 1. The second-order valence-corrected chi connectivity index (χ2v) is 7.20. The van der Waals surface area contributed by atoms with Gasteiger partial charge in [0.1, 0.15) is 11.6 Å². The van der Waals surface area contributed by atoms with Crippen LogP contribution in [-0.4, -0.2) is 46.2 Å². The van der Waals surface area contributed by atoms with Crippen molar-refractivity contribution in [2.24, 2.45) is 0 Å². The molecule has 1 aliphatic rings. The van der Waals surface area contributed by atoms with Gasteiger partial charge in [-0.25, -0.2) is 14.8 Å². The van der Waals surface area contributed by atoms with E-state index in [-0.39, 0.29) is 0 Å². The van der Waals surface area contributed by atoms with Crippen LogP contribution >= 0.6 is 0 Å². The zero-order valence-corrected chi connectivity index (χ0v) is 16.9. The van der Waals surface area contributed by atoms with Crippen molar-refractivity contribution >= 4 is 40.1 Å². The first-order valence-electron chi connectivity index (χ1n) is 9.93. The molecule has 0 aliphatic carbocycles. The molecule has 10 heteroatoms. The first-order chi connectivity index (χ1) is 15.1. The van der Waals surface area contributed by atoms with E-state index < -0.39 is 5.76 Å². The Labute approximate surface area is 177 Å². The summed E-state index contributed by atoms with van der Waals surface area (Å²) in [5.41, 5.74) is 3.63. The Morgan fingerprint density at radius 1 is 1.06 bits per heavy atom. The molecule has 0 unspecified atom stereocenters. The van der Waals surface area contributed by atoms with Gasteiger partial charge in [0.2, 0.25) is 5.95 Å². The number of morpholine rings is 1. The third-order valence-corrected chi connectivity index (χ3v) is 4.99. The minimum absolute atomic E-state index is 0.463. The predicted molar refractivity (Wildman–Crippen MR) is 117 cm³/mol. The Kier molecular flexibility index (Phi) is 4.97. The molecule has 0 saturated carbocycles. The van der Waals surface area contributed by atoms with Gasteiger partial charge in [-0.2, -0.15) is 4.98 Å². The van der Waals surface area contributed by atoms with E-state index in [1.165, 1.54) is 0 Å². The Balaban J connectivity index is 1.36. The van der Waals surface area contributed by atoms with Crippen LogP contribution in [0.5, 0.6) is 0 Å². The van der Waals surface area contributed by atoms with E-state index in [2.05, 4.69) is 35.5 Å². The second-order valence-electron chi connectivity index (χ2n) is 7.20. The van der Waals surface area contributed by atoms with Gasteiger partial charge in [0.05, 0.1) is 18.7 Å². The highest BCUT2D eigenvalue weighted by atomic mass is 16.5. The summed E-state index contributed by atoms with van der Waals surface area (Å²) in [6.45, 7) is 4.96. The molecule has 0 amide bonds. The van der Waals surface area contributed by atoms with Crippen LogP contribution in [0.2, 0.25) is 0 Å². The second kappa shape index (κ2) is 8.07. The summed E-state index contributed by atoms with van der Waals surface area (Å²) < 4.78 is 10.5. The molecule has 0 spiro atoms. The predicted octanol–water partition coefficient (Wildman–Crippen LogP) is 2.94. The molecule has 4 aromatic rings. The maximum absolute atomic E-state index is 11.4. The number of fused-ring (bicyclic) bond motifs is 1. The summed E-state index contributed by atoms with van der Waals surface area (Å²) in [6.07, 6.45) is 3.52. The minimum Gasteiger partial charge on any atom is -0.408 e. The fourth-order valence-corrected chi connectivity index (χ4v) is 3.39. The van der Waals surface area contributed by atoms with Crippen molar-refractivity contribution in [1.82, 2.24) is 19.9 Å². The van der Waals surface area contributed by atoms with Crippen LogP contribution in [0.25, 0.3) is 11.1 Å². The first-order valence-corrected chi connectivity index (χ1v) is 9.93. The summed E-state index contributed by atoms with van der Waals surface area (Å²) in [6, 6.07) is 9.21. The fraction of sp³-hybridized carbons (Fsp3) is 0.238. The minimum atomic E-state index is -0.481. The number of ether oxygens (including phenoxy) is 1. The van der Waals surface area contributed by atoms with Crippen molar-refractivity contribution in [3.63, 3.8) is 0 Å². The quantitative estimate of drug-likeness (QED) is 0.448. The molecule has 10 nitrogen and oxygen atoms in total. The van der Waals surface area contributed by atoms with Crippen LogP contribution < -0.4 is 21.3 Å². The SMILES string of the molecule is Cc1cnc(Nc2ccnc(N3CCOCC3)c2)nc1Nc1ccc2oc(=O)[nH]c2c1. The van der Waals surface area contributed by atoms with Crippen molar-refractivity contribution in [2.75, 3.05) is 41.8 Å². The molecule has 0 bridgehead atoms. The Bertz CT molecular complexity index is 1280. The van der Waals surface area contributed by atoms with E-state index >= 15 is 0 Å². The number of nitrogens with one attached hydrogen (secondary N) is 3. The molecule has 0 atom stereocenters. The van der Waals surface area contributed by atoms with E-state index in [1.54, 1.807) is 24.5 Å². The number of rotatable bonds is 5. The van der Waals surface area contributed by atoms with Crippen molar-refractivity contribution in [1.29, 1.82) is 0 Å². The van der Waals surface area contributed by atoms with Gasteiger partial charge in [-0.3, -0.25) is 4.98 Å². The fourth-order valence-electron chi connectivity index (χ4n) is 3.39. The zero-order valence-electron chi connectivity index (χ0n) is 16.9. The van der Waals surface area contributed by atoms with E-state index in [0.717, 1.165) is 35.8 Å². The van der Waals surface area contributed by atoms with E-state index in [0.29, 0.717) is 36.1 Å². The monoisotopic (exact) mass is 419 g/mol. The first kappa shape index (κ1) is 19.1. The molecule has 3 aromatic heterocycles. The summed E-state index contributed by atoms with van der Waals surface area (Å²) in [4.78, 5) is 29.7. The lowest BCUT2D eigenvalue weighted by molar-refractivity contribution is 0.122. The van der Waals surface area contributed by atoms with Crippen LogP contribution in [0.15, 0.2) is 51.9 Å². The third kappa shape index (κ3) is 4.19. The number of H-pyrrole nitrogens is 1. The maximum atomic E-state index is 11.4. The van der Waals surface area contributed by atoms with Gasteiger partial charge >= 0.3 is 5.76 Å². The van der Waals surface area contributed by atoms with Gasteiger partial charge in [-0.05, 0) is 31.2 Å². The molecule has 31 heavy (non-hydrogen) atoms. The summed E-state index contributed by atoms with van der Waals surface area (Å²) in [5, 5.41) is 6.52. The number of hydrogen-bond acceptors (Lipinski definition) is 9. The van der Waals surface area contributed by atoms with Gasteiger partial charge in [0.15, 0.2) is 5.58 Å². The van der Waals surface area contributed by atoms with E-state index in [4.69, 9.17) is 9.15 Å². The van der Waals surface area contributed by atoms with E-state index in [1.807, 2.05) is 25.1 Å². The number of pyridine rings is 1. The van der Waals surface area contributed by atoms with Crippen molar-refractivity contribution in [2.45, 2.75) is 6.92 Å². The molecule has 1 saturated heterocycles. The van der Waals surface area contributed by atoms with Gasteiger partial charge in [0.25, 0.3) is 0 Å². The zero-order chi connectivity index (χ0) is 21.2. The third-order valence-electron chi connectivity index (χ3n) is 4.99. The average molecular weight is 419 g/mol. The van der Waals surface area contributed by atoms with Gasteiger partial charge in [0, 0.05) is 48.5 Å². The number of aromatic nitrogens is 4. The highest BCUT2D eigenvalue weighted by molar-refractivity contribution is 5.78. The van der Waals surface area contributed by atoms with Crippen LogP contribution in [0, 0.1) is 6.92 Å². The lowest BCUT2D eigenvalue weighted by atomic mass is 10.2. The molecule has 1 fully saturated rings. The van der Waals surface area contributed by atoms with Crippen LogP contribution in [0.3, 0.4) is 0 Å². The van der Waals surface area contributed by atoms with Crippen LogP contribution in [-0.2, 0) is 4.74 Å². The molecule has 5 rings (SSSR count). The van der Waals surface area contributed by atoms with Gasteiger partial charge in [-0.15, -0.1) is 0 Å². The van der Waals surface area contributed by atoms with Gasteiger partial charge in [-0.1, -0.05) is 0 Å². The number of hydrogen-bond donors (Lipinski definition) is 3. The number of aromatic amines is 1. The lowest BCUT2D eigenvalue weighted by Gasteiger charge is -2.28. The van der Waals surface area contributed by atoms with Crippen molar-refractivity contribution < 1.29 is 9.15 Å². The maximum Gasteiger partial charge on any atom is 0.417 e. The molecule has 3 N–H and O–H groups in total. The van der Waals surface area contributed by atoms with Crippen LogP contribution in [0.4, 0.5) is 29.0 Å². The summed E-state index contributed by atoms with van der Waals surface area (Å²) in [7, 11) is 0. The van der Waals surface area contributed by atoms with E-state index in [9.17, 15) is 4.79 Å². The Morgan fingerprint density at radius 3 is 2.77 bits per heavy atom. The highest BCUT2D eigenvalue weighted by Gasteiger charge is 2.13. The molecule has 1 aromatic carbocycles. The standard InChI is InChI=1S/C21H21N7O3/c1-13-12-23-20(25-15-4-5-22-18(11-15)28-6-8-30-9-7-28)27-19(13)24-14-2-3-17-16(10-14)26-21(29)31-17/h2-5,10-12H,6-9H2,1H3,(H,26,29)(H2,22,23,24,25,27). The molecular formula is C21H21N7O3. The smallest absolute Gasteiger partial charge is 0.408 e. The number of nitrogens with zero attached hydrogens (tertiary/aromatic N) is 4. The Morgan fingerprint density at radius 2 is 1.90 bits per heavy atom. The largest absolute Gasteiger partial charge is 0.417 e. The van der Waals surface area contributed by atoms with Crippen molar-refractivity contribution in [3.8, 4) is 0 Å². The lowest BCUT2D eigenvalue weighted by Crippen LogP contribution is -2.36.